The summed E-state index contributed by atoms with van der Waals surface area (Å²) in [7, 11) is 0. The number of carbonyl (C=O) groups excluding carboxylic acids is 2. The zero-order valence-corrected chi connectivity index (χ0v) is 20.3. The third-order valence-electron chi connectivity index (χ3n) is 5.80. The SMILES string of the molecule is CC(N)c1ccc(C(=O)Nc2ccncc2)cc1-c1cccc(C(=O)OCc2c(F)c(F)c(F)c(F)c2F)c1. The molecule has 0 aliphatic heterocycles. The Balaban J connectivity index is 1.61. The number of ether oxygens (including phenoxy) is 1. The highest BCUT2D eigenvalue weighted by Crippen LogP contribution is 2.30. The quantitative estimate of drug-likeness (QED) is 0.128. The van der Waals surface area contributed by atoms with Crippen molar-refractivity contribution in [3.05, 3.63) is 118 Å². The molecule has 0 bridgehead atoms. The minimum atomic E-state index is -2.31. The van der Waals surface area contributed by atoms with Gasteiger partial charge in [0.25, 0.3) is 5.91 Å². The van der Waals surface area contributed by atoms with Gasteiger partial charge in [-0.3, -0.25) is 9.78 Å². The maximum atomic E-state index is 13.9. The molecular formula is C28H20F5N3O3. The van der Waals surface area contributed by atoms with Crippen LogP contribution >= 0.6 is 0 Å². The van der Waals surface area contributed by atoms with E-state index in [1.807, 2.05) is 0 Å². The number of rotatable bonds is 7. The Morgan fingerprint density at radius 1 is 0.872 bits per heavy atom. The van der Waals surface area contributed by atoms with Crippen molar-refractivity contribution in [2.75, 3.05) is 5.32 Å². The Labute approximate surface area is 219 Å². The van der Waals surface area contributed by atoms with E-state index in [1.54, 1.807) is 43.3 Å². The zero-order valence-electron chi connectivity index (χ0n) is 20.3. The van der Waals surface area contributed by atoms with Crippen LogP contribution in [0.15, 0.2) is 67.0 Å². The van der Waals surface area contributed by atoms with Gasteiger partial charge < -0.3 is 15.8 Å². The van der Waals surface area contributed by atoms with Crippen molar-refractivity contribution < 1.29 is 36.3 Å². The Hall–Kier alpha value is -4.64. The topological polar surface area (TPSA) is 94.3 Å². The standard InChI is InChI=1S/C28H20F5N3O3/c1-14(34)19-6-5-16(27(37)36-18-7-9-35-10-8-18)12-20(19)15-3-2-4-17(11-15)28(38)39-13-21-22(29)24(31)26(33)25(32)23(21)30/h2-12,14H,13,34H2,1H3,(H,35,36,37). The van der Waals surface area contributed by atoms with Crippen molar-refractivity contribution in [3.8, 4) is 11.1 Å². The van der Waals surface area contributed by atoms with Crippen molar-refractivity contribution >= 4 is 17.6 Å². The van der Waals surface area contributed by atoms with Crippen LogP contribution in [0.2, 0.25) is 0 Å². The van der Waals surface area contributed by atoms with Gasteiger partial charge in [-0.15, -0.1) is 0 Å². The summed E-state index contributed by atoms with van der Waals surface area (Å²) in [6, 6.07) is 13.5. The third kappa shape index (κ3) is 5.78. The maximum Gasteiger partial charge on any atom is 0.338 e. The summed E-state index contributed by atoms with van der Waals surface area (Å²) in [5.74, 6) is -12.2. The van der Waals surface area contributed by atoms with Crippen LogP contribution in [0.25, 0.3) is 11.1 Å². The van der Waals surface area contributed by atoms with E-state index in [0.717, 1.165) is 0 Å². The smallest absolute Gasteiger partial charge is 0.338 e. The number of hydrogen-bond donors (Lipinski definition) is 2. The summed E-state index contributed by atoms with van der Waals surface area (Å²) in [6.07, 6.45) is 3.05. The molecule has 0 saturated heterocycles. The molecule has 3 N–H and O–H groups in total. The number of nitrogens with zero attached hydrogens (tertiary/aromatic N) is 1. The van der Waals surface area contributed by atoms with E-state index in [4.69, 9.17) is 10.5 Å². The van der Waals surface area contributed by atoms with Crippen molar-refractivity contribution in [1.29, 1.82) is 0 Å². The van der Waals surface area contributed by atoms with Crippen LogP contribution in [0.5, 0.6) is 0 Å². The summed E-state index contributed by atoms with van der Waals surface area (Å²) in [5.41, 5.74) is 7.25. The van der Waals surface area contributed by atoms with E-state index in [9.17, 15) is 31.5 Å². The highest BCUT2D eigenvalue weighted by molar-refractivity contribution is 6.05. The third-order valence-corrected chi connectivity index (χ3v) is 5.80. The van der Waals surface area contributed by atoms with Gasteiger partial charge in [0.2, 0.25) is 5.82 Å². The minimum absolute atomic E-state index is 0.0707. The fourth-order valence-corrected chi connectivity index (χ4v) is 3.79. The van der Waals surface area contributed by atoms with Crippen molar-refractivity contribution in [1.82, 2.24) is 4.98 Å². The molecular weight excluding hydrogens is 521 g/mol. The number of anilines is 1. The lowest BCUT2D eigenvalue weighted by molar-refractivity contribution is 0.0462. The van der Waals surface area contributed by atoms with Crippen LogP contribution in [0, 0.1) is 29.1 Å². The number of aromatic nitrogens is 1. The van der Waals surface area contributed by atoms with Gasteiger partial charge in [-0.1, -0.05) is 18.2 Å². The maximum absolute atomic E-state index is 13.9. The van der Waals surface area contributed by atoms with E-state index in [2.05, 4.69) is 10.3 Å². The Kier molecular flexibility index (Phi) is 8.01. The number of esters is 1. The first-order valence-corrected chi connectivity index (χ1v) is 11.5. The first-order valence-electron chi connectivity index (χ1n) is 11.5. The average molecular weight is 541 g/mol. The summed E-state index contributed by atoms with van der Waals surface area (Å²) >= 11 is 0. The number of hydrogen-bond acceptors (Lipinski definition) is 5. The summed E-state index contributed by atoms with van der Waals surface area (Å²) in [5, 5.41) is 2.75. The van der Waals surface area contributed by atoms with Crippen LogP contribution in [-0.4, -0.2) is 16.9 Å². The molecule has 4 aromatic rings. The molecule has 3 aromatic carbocycles. The summed E-state index contributed by atoms with van der Waals surface area (Å²) in [4.78, 5) is 29.4. The van der Waals surface area contributed by atoms with E-state index in [0.29, 0.717) is 27.9 Å². The molecule has 1 unspecified atom stereocenters. The van der Waals surface area contributed by atoms with Gasteiger partial charge in [0.05, 0.1) is 11.1 Å². The number of amides is 1. The Morgan fingerprint density at radius 2 is 1.51 bits per heavy atom. The van der Waals surface area contributed by atoms with Gasteiger partial charge in [-0.05, 0) is 60.0 Å². The number of benzene rings is 3. The molecule has 0 spiro atoms. The fraction of sp³-hybridized carbons (Fsp3) is 0.107. The summed E-state index contributed by atoms with van der Waals surface area (Å²) in [6.45, 7) is 0.544. The number of nitrogens with one attached hydrogen (secondary N) is 1. The predicted molar refractivity (Wildman–Crippen MR) is 132 cm³/mol. The van der Waals surface area contributed by atoms with Gasteiger partial charge in [-0.25, -0.2) is 26.7 Å². The first-order chi connectivity index (χ1) is 18.6. The van der Waals surface area contributed by atoms with Crippen LogP contribution in [0.4, 0.5) is 27.6 Å². The summed E-state index contributed by atoms with van der Waals surface area (Å²) < 4.78 is 72.9. The van der Waals surface area contributed by atoms with Gasteiger partial charge in [0.15, 0.2) is 23.3 Å². The Bertz CT molecular complexity index is 1530. The lowest BCUT2D eigenvalue weighted by Crippen LogP contribution is -2.14. The molecule has 0 aliphatic carbocycles. The van der Waals surface area contributed by atoms with Crippen LogP contribution < -0.4 is 11.1 Å². The monoisotopic (exact) mass is 541 g/mol. The highest BCUT2D eigenvalue weighted by atomic mass is 19.2. The molecule has 0 aliphatic rings. The number of pyridine rings is 1. The molecule has 1 aromatic heterocycles. The number of halogens is 5. The van der Waals surface area contributed by atoms with Gasteiger partial charge in [0, 0.05) is 29.7 Å². The van der Waals surface area contributed by atoms with Crippen LogP contribution in [-0.2, 0) is 11.3 Å². The molecule has 0 fully saturated rings. The van der Waals surface area contributed by atoms with Crippen LogP contribution in [0.1, 0.15) is 44.8 Å². The first kappa shape index (κ1) is 27.4. The molecule has 0 saturated carbocycles. The van der Waals surface area contributed by atoms with Crippen LogP contribution in [0.3, 0.4) is 0 Å². The normalized spacial score (nSPS) is 11.7. The molecule has 11 heteroatoms. The molecule has 4 rings (SSSR count). The highest BCUT2D eigenvalue weighted by Gasteiger charge is 2.26. The van der Waals surface area contributed by atoms with E-state index in [-0.39, 0.29) is 5.56 Å². The molecule has 200 valence electrons. The molecule has 1 heterocycles. The molecule has 39 heavy (non-hydrogen) atoms. The average Bonchev–Trinajstić information content (AvgIpc) is 2.95. The minimum Gasteiger partial charge on any atom is -0.457 e. The Morgan fingerprint density at radius 3 is 2.15 bits per heavy atom. The lowest BCUT2D eigenvalue weighted by atomic mass is 9.92. The largest absolute Gasteiger partial charge is 0.457 e. The van der Waals surface area contributed by atoms with Gasteiger partial charge in [0.1, 0.15) is 6.61 Å². The predicted octanol–water partition coefficient (Wildman–Crippen LogP) is 6.07. The van der Waals surface area contributed by atoms with Crippen molar-refractivity contribution in [3.63, 3.8) is 0 Å². The van der Waals surface area contributed by atoms with Crippen molar-refractivity contribution in [2.24, 2.45) is 5.73 Å². The molecule has 1 atom stereocenters. The fourth-order valence-electron chi connectivity index (χ4n) is 3.79. The van der Waals surface area contributed by atoms with E-state index >= 15 is 0 Å². The second-order valence-corrected chi connectivity index (χ2v) is 8.49. The van der Waals surface area contributed by atoms with E-state index in [1.165, 1.54) is 30.6 Å². The van der Waals surface area contributed by atoms with Gasteiger partial charge >= 0.3 is 5.97 Å². The van der Waals surface area contributed by atoms with E-state index < -0.39 is 59.2 Å². The molecule has 6 nitrogen and oxygen atoms in total. The second kappa shape index (κ2) is 11.4. The van der Waals surface area contributed by atoms with Crippen molar-refractivity contribution in [2.45, 2.75) is 19.6 Å². The van der Waals surface area contributed by atoms with Gasteiger partial charge in [-0.2, -0.15) is 0 Å². The lowest BCUT2D eigenvalue weighted by Gasteiger charge is -2.16. The molecule has 0 radical (unpaired) electrons. The zero-order chi connectivity index (χ0) is 28.3. The molecule has 1 amide bonds. The number of carbonyl (C=O) groups is 2. The number of nitrogens with two attached hydrogens (primary N) is 1. The second-order valence-electron chi connectivity index (χ2n) is 8.49.